The zero-order chi connectivity index (χ0) is 19.4. The normalized spacial score (nSPS) is 11.9. The van der Waals surface area contributed by atoms with Gasteiger partial charge in [0.15, 0.2) is 0 Å². The first-order valence-corrected chi connectivity index (χ1v) is 12.6. The first kappa shape index (κ1) is 19.1. The van der Waals surface area contributed by atoms with Crippen LogP contribution in [0.5, 0.6) is 0 Å². The Kier molecular flexibility index (Phi) is 5.76. The molecule has 0 bridgehead atoms. The molecule has 28 heavy (non-hydrogen) atoms. The van der Waals surface area contributed by atoms with Gasteiger partial charge in [-0.15, -0.1) is 0 Å². The number of aryl methyl sites for hydroxylation is 1. The topological polar surface area (TPSA) is 0 Å². The van der Waals surface area contributed by atoms with Gasteiger partial charge >= 0.3 is 177 Å². The molecule has 0 radical (unpaired) electrons. The van der Waals surface area contributed by atoms with E-state index in [4.69, 9.17) is 0 Å². The molecule has 140 valence electrons. The van der Waals surface area contributed by atoms with Crippen molar-refractivity contribution < 1.29 is 0 Å². The van der Waals surface area contributed by atoms with E-state index in [1.165, 1.54) is 31.5 Å². The Morgan fingerprint density at radius 3 is 1.39 bits per heavy atom. The van der Waals surface area contributed by atoms with Crippen molar-refractivity contribution in [1.29, 1.82) is 0 Å². The van der Waals surface area contributed by atoms with E-state index in [0.717, 1.165) is 6.16 Å². The summed E-state index contributed by atoms with van der Waals surface area (Å²) in [5.41, 5.74) is 2.75. The molecule has 0 aliphatic heterocycles. The number of benzene rings is 4. The monoisotopic (exact) mass is 446 g/mol. The van der Waals surface area contributed by atoms with Crippen LogP contribution in [0.3, 0.4) is 0 Å². The van der Waals surface area contributed by atoms with Crippen molar-refractivity contribution in [3.8, 4) is 0 Å². The minimum absolute atomic E-state index is 1.03. The van der Waals surface area contributed by atoms with Gasteiger partial charge < -0.3 is 0 Å². The van der Waals surface area contributed by atoms with Crippen LogP contribution in [0.25, 0.3) is 0 Å². The molecule has 4 rings (SSSR count). The van der Waals surface area contributed by atoms with Crippen LogP contribution in [-0.4, -0.2) is 0 Å². The molecule has 4 aromatic carbocycles. The van der Waals surface area contributed by atoms with Gasteiger partial charge in [-0.25, -0.2) is 0 Å². The summed E-state index contributed by atoms with van der Waals surface area (Å²) in [5, 5.41) is 4.34. The first-order chi connectivity index (χ1) is 13.7. The molecule has 0 atom stereocenters. The fraction of sp³-hybridized carbons (Fsp3) is 0.0769. The zero-order valence-electron chi connectivity index (χ0n) is 16.0. The molecule has 0 saturated heterocycles. The summed E-state index contributed by atoms with van der Waals surface area (Å²) in [4.78, 5) is 0. The van der Waals surface area contributed by atoms with Gasteiger partial charge in [-0.3, -0.25) is 0 Å². The fourth-order valence-corrected chi connectivity index (χ4v) is 9.89. The molecular formula is C26H24BrP. The fourth-order valence-electron chi connectivity index (χ4n) is 4.13. The van der Waals surface area contributed by atoms with E-state index in [-0.39, 0.29) is 0 Å². The summed E-state index contributed by atoms with van der Waals surface area (Å²) < 4.78 is 1.20. The van der Waals surface area contributed by atoms with Gasteiger partial charge in [0.05, 0.1) is 0 Å². The third-order valence-corrected chi connectivity index (χ3v) is 11.2. The third-order valence-electron chi connectivity index (χ3n) is 5.59. The summed E-state index contributed by atoms with van der Waals surface area (Å²) in [5.74, 6) is 0. The summed E-state index contributed by atoms with van der Waals surface area (Å²) in [6.07, 6.45) is 1.03. The van der Waals surface area contributed by atoms with Gasteiger partial charge in [0.1, 0.15) is 0 Å². The van der Waals surface area contributed by atoms with Crippen molar-refractivity contribution in [3.63, 3.8) is 0 Å². The van der Waals surface area contributed by atoms with E-state index in [1.807, 2.05) is 0 Å². The van der Waals surface area contributed by atoms with E-state index in [2.05, 4.69) is 132 Å². The van der Waals surface area contributed by atoms with Crippen molar-refractivity contribution in [1.82, 2.24) is 0 Å². The number of rotatable bonds is 5. The van der Waals surface area contributed by atoms with Crippen molar-refractivity contribution >= 4 is 39.1 Å². The zero-order valence-corrected chi connectivity index (χ0v) is 18.6. The van der Waals surface area contributed by atoms with Crippen LogP contribution in [0.4, 0.5) is 0 Å². The number of hydrogen-bond acceptors (Lipinski definition) is 0. The Morgan fingerprint density at radius 1 is 0.571 bits per heavy atom. The summed E-state index contributed by atoms with van der Waals surface area (Å²) in [7, 11) is -2.26. The maximum atomic E-state index is 3.84. The van der Waals surface area contributed by atoms with Crippen molar-refractivity contribution in [2.75, 3.05) is 0 Å². The second-order valence-electron chi connectivity index (χ2n) is 7.22. The standard InChI is InChI=1S/C26H24BrP/c1-21-12-11-19-26(27)25(21)20-28(22-13-5-2-6-14-22,23-15-7-3-8-16-23)24-17-9-4-10-18-24/h2-19,28H,20H2,1H3. The van der Waals surface area contributed by atoms with Crippen molar-refractivity contribution in [2.45, 2.75) is 13.1 Å². The third kappa shape index (κ3) is 3.58. The maximum absolute atomic E-state index is 3.84. The molecule has 0 nitrogen and oxygen atoms in total. The van der Waals surface area contributed by atoms with Gasteiger partial charge in [-0.05, 0) is 0 Å². The van der Waals surface area contributed by atoms with Gasteiger partial charge in [0.25, 0.3) is 0 Å². The minimum atomic E-state index is -2.26. The Balaban J connectivity index is 2.04. The van der Waals surface area contributed by atoms with Gasteiger partial charge in [-0.1, -0.05) is 0 Å². The molecule has 0 aromatic heterocycles. The van der Waals surface area contributed by atoms with Crippen LogP contribution in [0.2, 0.25) is 0 Å². The Labute approximate surface area is 176 Å². The Hall–Kier alpha value is -2.21. The second-order valence-corrected chi connectivity index (χ2v) is 12.0. The molecule has 0 aliphatic carbocycles. The van der Waals surface area contributed by atoms with Crippen LogP contribution < -0.4 is 15.9 Å². The quantitative estimate of drug-likeness (QED) is 0.330. The van der Waals surface area contributed by atoms with Crippen molar-refractivity contribution in [3.05, 3.63) is 125 Å². The molecule has 4 aromatic rings. The first-order valence-electron chi connectivity index (χ1n) is 9.62. The predicted octanol–water partition coefficient (Wildman–Crippen LogP) is 5.98. The molecule has 0 unspecified atom stereocenters. The molecule has 0 amide bonds. The van der Waals surface area contributed by atoms with E-state index < -0.39 is 7.26 Å². The van der Waals surface area contributed by atoms with Gasteiger partial charge in [-0.2, -0.15) is 0 Å². The molecule has 0 fully saturated rings. The molecular weight excluding hydrogens is 423 g/mol. The second kappa shape index (κ2) is 8.43. The molecule has 0 heterocycles. The van der Waals surface area contributed by atoms with Crippen LogP contribution in [0.15, 0.2) is 114 Å². The van der Waals surface area contributed by atoms with Crippen LogP contribution in [-0.2, 0) is 6.16 Å². The average molecular weight is 447 g/mol. The molecule has 0 saturated carbocycles. The Morgan fingerprint density at radius 2 is 1.00 bits per heavy atom. The SMILES string of the molecule is Cc1cccc(Br)c1C[PH](c1ccccc1)(c1ccccc1)c1ccccc1. The predicted molar refractivity (Wildman–Crippen MR) is 129 cm³/mol. The number of halogens is 1. The van der Waals surface area contributed by atoms with E-state index in [0.29, 0.717) is 0 Å². The van der Waals surface area contributed by atoms with Crippen molar-refractivity contribution in [2.24, 2.45) is 0 Å². The summed E-state index contributed by atoms with van der Waals surface area (Å²) in [6, 6.07) is 39.8. The van der Waals surface area contributed by atoms with E-state index in [1.54, 1.807) is 0 Å². The van der Waals surface area contributed by atoms with Crippen LogP contribution >= 0.6 is 23.2 Å². The van der Waals surface area contributed by atoms with Gasteiger partial charge in [0.2, 0.25) is 0 Å². The molecule has 2 heteroatoms. The summed E-state index contributed by atoms with van der Waals surface area (Å²) in [6.45, 7) is 2.22. The Bertz CT molecular complexity index is 927. The van der Waals surface area contributed by atoms with E-state index in [9.17, 15) is 0 Å². The molecule has 0 N–H and O–H groups in total. The molecule has 0 aliphatic rings. The van der Waals surface area contributed by atoms with Gasteiger partial charge in [0, 0.05) is 0 Å². The van der Waals surface area contributed by atoms with E-state index >= 15 is 0 Å². The summed E-state index contributed by atoms with van der Waals surface area (Å²) >= 11 is 3.84. The average Bonchev–Trinajstić information content (AvgIpc) is 2.76. The molecule has 0 spiro atoms. The number of hydrogen-bond donors (Lipinski definition) is 0. The van der Waals surface area contributed by atoms with Crippen LogP contribution in [0, 0.1) is 6.92 Å². The van der Waals surface area contributed by atoms with Crippen LogP contribution in [0.1, 0.15) is 11.1 Å².